The second kappa shape index (κ2) is 10.5. The Balaban J connectivity index is 1.48. The number of rotatable bonds is 7. The molecule has 4 rings (SSSR count). The Bertz CT molecular complexity index is 1250. The van der Waals surface area contributed by atoms with Crippen molar-refractivity contribution in [2.45, 2.75) is 26.2 Å². The lowest BCUT2D eigenvalue weighted by atomic mass is 9.88. The number of hydrogen-bond acceptors (Lipinski definition) is 5. The Hall–Kier alpha value is -4.07. The minimum absolute atomic E-state index is 0.0328. The van der Waals surface area contributed by atoms with Gasteiger partial charge < -0.3 is 10.2 Å². The number of halogens is 1. The molecule has 3 aromatic rings. The maximum atomic E-state index is 13.2. The largest absolute Gasteiger partial charge is 0.371 e. The van der Waals surface area contributed by atoms with E-state index in [1.807, 2.05) is 19.1 Å². The van der Waals surface area contributed by atoms with Gasteiger partial charge in [-0.2, -0.15) is 0 Å². The van der Waals surface area contributed by atoms with Gasteiger partial charge in [0.1, 0.15) is 5.82 Å². The number of nitrogens with one attached hydrogen (secondary N) is 1. The van der Waals surface area contributed by atoms with E-state index in [2.05, 4.69) is 10.2 Å². The molecule has 1 heterocycles. The van der Waals surface area contributed by atoms with Gasteiger partial charge in [0.15, 0.2) is 5.78 Å². The highest BCUT2D eigenvalue weighted by Crippen LogP contribution is 2.31. The van der Waals surface area contributed by atoms with Crippen molar-refractivity contribution < 1.29 is 18.9 Å². The second-order valence-electron chi connectivity index (χ2n) is 8.55. The highest BCUT2D eigenvalue weighted by molar-refractivity contribution is 6.06. The molecule has 1 aliphatic rings. The topological polar surface area (TPSA) is 92.5 Å². The summed E-state index contributed by atoms with van der Waals surface area (Å²) in [5.74, 6) is -0.781. The van der Waals surface area contributed by atoms with Crippen LogP contribution in [-0.2, 0) is 6.42 Å². The van der Waals surface area contributed by atoms with Crippen LogP contribution in [0.1, 0.15) is 46.0 Å². The molecule has 0 radical (unpaired) electrons. The number of Topliss-reactive ketones (excluding diaryl/α,β-unsaturated/α-hetero) is 1. The Kier molecular flexibility index (Phi) is 7.19. The summed E-state index contributed by atoms with van der Waals surface area (Å²) in [6.45, 7) is 3.31. The van der Waals surface area contributed by atoms with Crippen LogP contribution < -0.4 is 10.2 Å². The van der Waals surface area contributed by atoms with Gasteiger partial charge in [-0.05, 0) is 67.3 Å². The molecule has 0 aromatic heterocycles. The van der Waals surface area contributed by atoms with Gasteiger partial charge in [-0.1, -0.05) is 19.1 Å². The third kappa shape index (κ3) is 5.37. The Morgan fingerprint density at radius 1 is 1.06 bits per heavy atom. The van der Waals surface area contributed by atoms with Crippen molar-refractivity contribution in [3.05, 3.63) is 99.4 Å². The van der Waals surface area contributed by atoms with E-state index >= 15 is 0 Å². The summed E-state index contributed by atoms with van der Waals surface area (Å²) in [7, 11) is 0. The Morgan fingerprint density at radius 2 is 1.74 bits per heavy atom. The van der Waals surface area contributed by atoms with E-state index in [-0.39, 0.29) is 29.1 Å². The Labute approximate surface area is 202 Å². The number of hydrogen-bond donors (Lipinski definition) is 1. The van der Waals surface area contributed by atoms with Gasteiger partial charge in [0.05, 0.1) is 4.92 Å². The van der Waals surface area contributed by atoms with Gasteiger partial charge in [0.25, 0.3) is 11.6 Å². The molecule has 1 N–H and O–H groups in total. The van der Waals surface area contributed by atoms with E-state index in [4.69, 9.17) is 0 Å². The number of piperidine rings is 1. The molecule has 1 fully saturated rings. The summed E-state index contributed by atoms with van der Waals surface area (Å²) < 4.78 is 13.2. The van der Waals surface area contributed by atoms with Gasteiger partial charge in [-0.25, -0.2) is 4.39 Å². The first-order valence-corrected chi connectivity index (χ1v) is 11.6. The zero-order valence-corrected chi connectivity index (χ0v) is 19.4. The van der Waals surface area contributed by atoms with Gasteiger partial charge in [-0.3, -0.25) is 19.7 Å². The summed E-state index contributed by atoms with van der Waals surface area (Å²) in [6, 6.07) is 17.1. The van der Waals surface area contributed by atoms with Crippen LogP contribution in [0.3, 0.4) is 0 Å². The van der Waals surface area contributed by atoms with Gasteiger partial charge >= 0.3 is 0 Å². The average molecular weight is 476 g/mol. The van der Waals surface area contributed by atoms with Crippen molar-refractivity contribution in [1.82, 2.24) is 0 Å². The van der Waals surface area contributed by atoms with Crippen LogP contribution in [-0.4, -0.2) is 29.7 Å². The van der Waals surface area contributed by atoms with Crippen molar-refractivity contribution in [3.63, 3.8) is 0 Å². The molecule has 8 heteroatoms. The van der Waals surface area contributed by atoms with E-state index in [0.717, 1.165) is 11.3 Å². The predicted octanol–water partition coefficient (Wildman–Crippen LogP) is 5.65. The number of ketones is 1. The van der Waals surface area contributed by atoms with E-state index < -0.39 is 4.92 Å². The summed E-state index contributed by atoms with van der Waals surface area (Å²) >= 11 is 0. The maximum absolute atomic E-state index is 13.2. The van der Waals surface area contributed by atoms with Crippen molar-refractivity contribution >= 4 is 28.8 Å². The normalized spacial score (nSPS) is 13.9. The van der Waals surface area contributed by atoms with Crippen LogP contribution in [0.4, 0.5) is 21.5 Å². The zero-order valence-electron chi connectivity index (χ0n) is 19.4. The third-order valence-corrected chi connectivity index (χ3v) is 6.40. The molecule has 0 bridgehead atoms. The summed E-state index contributed by atoms with van der Waals surface area (Å²) in [4.78, 5) is 38.6. The number of benzene rings is 3. The number of nitrogens with zero attached hydrogens (tertiary/aromatic N) is 2. The molecule has 0 spiro atoms. The van der Waals surface area contributed by atoms with Crippen LogP contribution in [0.2, 0.25) is 0 Å². The number of nitro groups is 1. The molecule has 0 aliphatic carbocycles. The molecule has 1 saturated heterocycles. The smallest absolute Gasteiger partial charge is 0.271 e. The number of non-ortho nitro benzene ring substituents is 1. The third-order valence-electron chi connectivity index (χ3n) is 6.40. The molecule has 3 aromatic carbocycles. The standard InChI is InChI=1S/C27H26FN3O4/c1-2-23-24(27(33)29-21-5-3-6-22(17-21)31(34)35)7-4-8-25(23)30-15-13-19(14-16-30)26(32)18-9-11-20(28)12-10-18/h3-12,17,19H,2,13-16H2,1H3,(H,29,33). The van der Waals surface area contributed by atoms with Crippen LogP contribution in [0.15, 0.2) is 66.7 Å². The quantitative estimate of drug-likeness (QED) is 0.271. The SMILES string of the molecule is CCc1c(C(=O)Nc2cccc([N+](=O)[O-])c2)cccc1N1CCC(C(=O)c2ccc(F)cc2)CC1. The van der Waals surface area contributed by atoms with E-state index in [9.17, 15) is 24.1 Å². The van der Waals surface area contributed by atoms with Crippen LogP contribution >= 0.6 is 0 Å². The molecule has 1 amide bonds. The zero-order chi connectivity index (χ0) is 24.9. The first-order chi connectivity index (χ1) is 16.9. The maximum Gasteiger partial charge on any atom is 0.271 e. The van der Waals surface area contributed by atoms with Gasteiger partial charge in [0.2, 0.25) is 0 Å². The molecule has 0 atom stereocenters. The number of nitro benzene ring substituents is 1. The molecule has 1 aliphatic heterocycles. The minimum Gasteiger partial charge on any atom is -0.371 e. The highest BCUT2D eigenvalue weighted by atomic mass is 19.1. The molecule has 0 saturated carbocycles. The van der Waals surface area contributed by atoms with Crippen molar-refractivity contribution in [2.24, 2.45) is 5.92 Å². The molecule has 0 unspecified atom stereocenters. The number of anilines is 2. The fourth-order valence-electron chi connectivity index (χ4n) is 4.58. The van der Waals surface area contributed by atoms with Crippen LogP contribution in [0, 0.1) is 21.8 Å². The monoisotopic (exact) mass is 475 g/mol. The van der Waals surface area contributed by atoms with E-state index in [1.165, 1.54) is 42.5 Å². The first-order valence-electron chi connectivity index (χ1n) is 11.6. The average Bonchev–Trinajstić information content (AvgIpc) is 2.88. The first kappa shape index (κ1) is 24.1. The van der Waals surface area contributed by atoms with Gasteiger partial charge in [0, 0.05) is 53.6 Å². The fraction of sp³-hybridized carbons (Fsp3) is 0.259. The van der Waals surface area contributed by atoms with Gasteiger partial charge in [-0.15, -0.1) is 0 Å². The van der Waals surface area contributed by atoms with Crippen molar-refractivity contribution in [1.29, 1.82) is 0 Å². The summed E-state index contributed by atoms with van der Waals surface area (Å²) in [5, 5.41) is 13.8. The Morgan fingerprint density at radius 3 is 2.40 bits per heavy atom. The predicted molar refractivity (Wildman–Crippen MR) is 133 cm³/mol. The highest BCUT2D eigenvalue weighted by Gasteiger charge is 2.27. The minimum atomic E-state index is -0.502. The molecule has 180 valence electrons. The number of carbonyl (C=O) groups excluding carboxylic acids is 2. The molecule has 7 nitrogen and oxygen atoms in total. The fourth-order valence-corrected chi connectivity index (χ4v) is 4.58. The van der Waals surface area contributed by atoms with E-state index in [1.54, 1.807) is 12.1 Å². The lowest BCUT2D eigenvalue weighted by molar-refractivity contribution is -0.384. The second-order valence-corrected chi connectivity index (χ2v) is 8.55. The van der Waals surface area contributed by atoms with Crippen molar-refractivity contribution in [2.75, 3.05) is 23.3 Å². The van der Waals surface area contributed by atoms with E-state index in [0.29, 0.717) is 49.2 Å². The van der Waals surface area contributed by atoms with Crippen LogP contribution in [0.5, 0.6) is 0 Å². The van der Waals surface area contributed by atoms with Crippen molar-refractivity contribution in [3.8, 4) is 0 Å². The molecule has 35 heavy (non-hydrogen) atoms. The molecular weight excluding hydrogens is 449 g/mol. The van der Waals surface area contributed by atoms with Crippen LogP contribution in [0.25, 0.3) is 0 Å². The summed E-state index contributed by atoms with van der Waals surface area (Å²) in [6.07, 6.45) is 1.97. The molecular formula is C27H26FN3O4. The number of carbonyl (C=O) groups is 2. The summed E-state index contributed by atoms with van der Waals surface area (Å²) in [5.41, 5.74) is 3.15. The lowest BCUT2D eigenvalue weighted by Gasteiger charge is -2.34. The lowest BCUT2D eigenvalue weighted by Crippen LogP contribution is -2.37. The number of amides is 1.